The van der Waals surface area contributed by atoms with Gasteiger partial charge in [0.25, 0.3) is 15.7 Å². The van der Waals surface area contributed by atoms with Gasteiger partial charge in [-0.15, -0.1) is 0 Å². The monoisotopic (exact) mass is 333 g/mol. The number of benzene rings is 1. The molecule has 10 heteroatoms. The van der Waals surface area contributed by atoms with Crippen molar-refractivity contribution in [1.82, 2.24) is 9.78 Å². The summed E-state index contributed by atoms with van der Waals surface area (Å²) in [5.41, 5.74) is 4.50. The zero-order valence-corrected chi connectivity index (χ0v) is 12.1. The van der Waals surface area contributed by atoms with Gasteiger partial charge in [0.05, 0.1) is 11.9 Å². The summed E-state index contributed by atoms with van der Waals surface area (Å²) in [6, 6.07) is 2.47. The maximum absolute atomic E-state index is 13.2. The molecule has 0 fully saturated rings. The third kappa shape index (κ3) is 2.75. The third-order valence-corrected chi connectivity index (χ3v) is 3.82. The molecule has 2 rings (SSSR count). The lowest BCUT2D eigenvalue weighted by Gasteiger charge is -2.13. The van der Waals surface area contributed by atoms with E-state index in [4.69, 9.17) is 17.3 Å². The summed E-state index contributed by atoms with van der Waals surface area (Å²) in [4.78, 5) is 11.3. The fourth-order valence-corrected chi connectivity index (χ4v) is 2.68. The highest BCUT2D eigenvalue weighted by molar-refractivity contribution is 7.86. The van der Waals surface area contributed by atoms with Crippen LogP contribution >= 0.6 is 11.6 Å². The molecule has 0 bridgehead atoms. The van der Waals surface area contributed by atoms with Crippen LogP contribution in [0.1, 0.15) is 5.56 Å². The van der Waals surface area contributed by atoms with E-state index in [2.05, 4.69) is 5.10 Å². The Morgan fingerprint density at radius 1 is 1.43 bits per heavy atom. The molecule has 0 aliphatic heterocycles. The topological polar surface area (TPSA) is 115 Å². The Morgan fingerprint density at radius 2 is 2.05 bits per heavy atom. The van der Waals surface area contributed by atoms with E-state index in [1.54, 1.807) is 6.92 Å². The van der Waals surface area contributed by atoms with E-state index >= 15 is 0 Å². The fourth-order valence-electron chi connectivity index (χ4n) is 1.77. The zero-order valence-electron chi connectivity index (χ0n) is 10.5. The Hall–Kier alpha value is -1.97. The Bertz CT molecular complexity index is 895. The van der Waals surface area contributed by atoms with Gasteiger partial charge in [0.2, 0.25) is 0 Å². The molecule has 7 nitrogen and oxygen atoms in total. The van der Waals surface area contributed by atoms with Crippen LogP contribution in [0.5, 0.6) is 0 Å². The van der Waals surface area contributed by atoms with Crippen LogP contribution < -0.4 is 11.3 Å². The van der Waals surface area contributed by atoms with Crippen molar-refractivity contribution in [1.29, 1.82) is 0 Å². The van der Waals surface area contributed by atoms with Crippen molar-refractivity contribution in [3.8, 4) is 5.69 Å². The van der Waals surface area contributed by atoms with E-state index in [0.717, 1.165) is 6.07 Å². The Labute approximate surface area is 123 Å². The predicted octanol–water partition coefficient (Wildman–Crippen LogP) is 1.16. The molecule has 0 atom stereocenters. The SMILES string of the molecule is Cc1cc(N)c(-n2ncc(F)c(Cl)c2=O)c(S(=O)(=O)O)c1. The van der Waals surface area contributed by atoms with Crippen molar-refractivity contribution in [2.24, 2.45) is 0 Å². The summed E-state index contributed by atoms with van der Waals surface area (Å²) in [6.07, 6.45) is 0.636. The average molecular weight is 334 g/mol. The predicted molar refractivity (Wildman–Crippen MR) is 73.8 cm³/mol. The molecule has 0 spiro atoms. The van der Waals surface area contributed by atoms with E-state index in [0.29, 0.717) is 16.4 Å². The smallest absolute Gasteiger partial charge is 0.296 e. The summed E-state index contributed by atoms with van der Waals surface area (Å²) >= 11 is 5.48. The van der Waals surface area contributed by atoms with Gasteiger partial charge in [-0.25, -0.2) is 4.39 Å². The molecular formula is C11H9ClFN3O4S. The number of nitrogens with zero attached hydrogens (tertiary/aromatic N) is 2. The minimum atomic E-state index is -4.68. The van der Waals surface area contributed by atoms with Gasteiger partial charge in [-0.3, -0.25) is 9.35 Å². The van der Waals surface area contributed by atoms with Crippen molar-refractivity contribution in [3.05, 3.63) is 45.1 Å². The van der Waals surface area contributed by atoms with E-state index in [9.17, 15) is 22.2 Å². The van der Waals surface area contributed by atoms with Crippen LogP contribution in [0.15, 0.2) is 28.0 Å². The van der Waals surface area contributed by atoms with Crippen LogP contribution in [0.3, 0.4) is 0 Å². The molecule has 0 amide bonds. The van der Waals surface area contributed by atoms with Crippen LogP contribution in [0.2, 0.25) is 5.02 Å². The number of nitrogens with two attached hydrogens (primary N) is 1. The van der Waals surface area contributed by atoms with Crippen molar-refractivity contribution >= 4 is 27.4 Å². The van der Waals surface area contributed by atoms with Crippen molar-refractivity contribution in [2.75, 3.05) is 5.73 Å². The second-order valence-electron chi connectivity index (χ2n) is 4.20. The van der Waals surface area contributed by atoms with Crippen molar-refractivity contribution in [3.63, 3.8) is 0 Å². The van der Waals surface area contributed by atoms with Gasteiger partial charge in [-0.2, -0.15) is 18.2 Å². The number of nitrogen functional groups attached to an aromatic ring is 1. The molecule has 0 aliphatic carbocycles. The maximum atomic E-state index is 13.2. The number of rotatable bonds is 2. The first-order valence-corrected chi connectivity index (χ1v) is 7.26. The number of halogens is 2. The van der Waals surface area contributed by atoms with Crippen molar-refractivity contribution < 1.29 is 17.4 Å². The number of hydrogen-bond donors (Lipinski definition) is 2. The molecule has 0 saturated heterocycles. The Balaban J connectivity index is 2.95. The second-order valence-corrected chi connectivity index (χ2v) is 5.97. The first-order valence-electron chi connectivity index (χ1n) is 5.44. The lowest BCUT2D eigenvalue weighted by molar-refractivity contribution is 0.482. The fraction of sp³-hybridized carbons (Fsp3) is 0.0909. The first-order chi connectivity index (χ1) is 9.62. The van der Waals surface area contributed by atoms with E-state index in [1.807, 2.05) is 0 Å². The largest absolute Gasteiger partial charge is 0.397 e. The minimum Gasteiger partial charge on any atom is -0.397 e. The molecule has 0 saturated carbocycles. The molecule has 0 unspecified atom stereocenters. The number of hydrogen-bond acceptors (Lipinski definition) is 5. The van der Waals surface area contributed by atoms with Crippen LogP contribution in [0, 0.1) is 12.7 Å². The molecule has 0 radical (unpaired) electrons. The zero-order chi connectivity index (χ0) is 15.9. The highest BCUT2D eigenvalue weighted by Crippen LogP contribution is 2.26. The molecule has 112 valence electrons. The van der Waals surface area contributed by atoms with Gasteiger partial charge in [-0.1, -0.05) is 11.6 Å². The Morgan fingerprint density at radius 3 is 2.62 bits per heavy atom. The van der Waals surface area contributed by atoms with Gasteiger partial charge in [-0.05, 0) is 24.6 Å². The van der Waals surface area contributed by atoms with E-state index < -0.39 is 37.1 Å². The standard InChI is InChI=1S/C11H9ClFN3O4S/c1-5-2-7(14)10(8(3-5)21(18,19)20)16-11(17)9(12)6(13)4-15-16/h2-4H,14H2,1H3,(H,18,19,20). The molecule has 21 heavy (non-hydrogen) atoms. The number of anilines is 1. The highest BCUT2D eigenvalue weighted by Gasteiger charge is 2.23. The third-order valence-electron chi connectivity index (χ3n) is 2.61. The van der Waals surface area contributed by atoms with Gasteiger partial charge >= 0.3 is 0 Å². The maximum Gasteiger partial charge on any atom is 0.296 e. The molecule has 1 aromatic carbocycles. The van der Waals surface area contributed by atoms with Crippen LogP contribution in [0.25, 0.3) is 5.69 Å². The molecular weight excluding hydrogens is 325 g/mol. The summed E-state index contributed by atoms with van der Waals surface area (Å²) in [6.45, 7) is 1.54. The quantitative estimate of drug-likeness (QED) is 0.629. The van der Waals surface area contributed by atoms with Gasteiger partial charge in [0, 0.05) is 0 Å². The number of aryl methyl sites for hydroxylation is 1. The first kappa shape index (κ1) is 15.4. The second kappa shape index (κ2) is 5.10. The normalized spacial score (nSPS) is 11.6. The summed E-state index contributed by atoms with van der Waals surface area (Å²) in [5.74, 6) is -1.06. The molecule has 3 N–H and O–H groups in total. The van der Waals surface area contributed by atoms with Crippen molar-refractivity contribution in [2.45, 2.75) is 11.8 Å². The lowest BCUT2D eigenvalue weighted by Crippen LogP contribution is -2.25. The van der Waals surface area contributed by atoms with Crippen LogP contribution in [-0.2, 0) is 10.1 Å². The molecule has 1 heterocycles. The summed E-state index contributed by atoms with van der Waals surface area (Å²) < 4.78 is 45.8. The van der Waals surface area contributed by atoms with Gasteiger partial charge in [0.15, 0.2) is 5.82 Å². The van der Waals surface area contributed by atoms with Crippen LogP contribution in [0.4, 0.5) is 10.1 Å². The van der Waals surface area contributed by atoms with Gasteiger partial charge < -0.3 is 5.73 Å². The lowest BCUT2D eigenvalue weighted by atomic mass is 10.2. The average Bonchev–Trinajstić information content (AvgIpc) is 2.36. The van der Waals surface area contributed by atoms with Crippen LogP contribution in [-0.4, -0.2) is 22.8 Å². The summed E-state index contributed by atoms with van der Waals surface area (Å²) in [7, 11) is -4.68. The number of aromatic nitrogens is 2. The highest BCUT2D eigenvalue weighted by atomic mass is 35.5. The summed E-state index contributed by atoms with van der Waals surface area (Å²) in [5, 5.41) is 2.69. The molecule has 1 aromatic heterocycles. The minimum absolute atomic E-state index is 0.139. The molecule has 0 aliphatic rings. The Kier molecular flexibility index (Phi) is 3.74. The van der Waals surface area contributed by atoms with E-state index in [-0.39, 0.29) is 5.69 Å². The molecule has 2 aromatic rings. The van der Waals surface area contributed by atoms with E-state index in [1.165, 1.54) is 6.07 Å². The van der Waals surface area contributed by atoms with Gasteiger partial charge in [0.1, 0.15) is 15.6 Å².